The molecule has 2 aromatic carbocycles. The van der Waals surface area contributed by atoms with Crippen LogP contribution < -0.4 is 0 Å². The molecule has 0 aliphatic rings. The van der Waals surface area contributed by atoms with Crippen LogP contribution in [-0.4, -0.2) is 15.3 Å². The molecule has 0 aliphatic heterocycles. The molecule has 0 heterocycles. The van der Waals surface area contributed by atoms with E-state index < -0.39 is 22.7 Å². The molecule has 3 nitrogen and oxygen atoms in total. The Morgan fingerprint density at radius 1 is 1.14 bits per heavy atom. The smallest absolute Gasteiger partial charge is 0.310 e. The van der Waals surface area contributed by atoms with Gasteiger partial charge in [-0.3, -0.25) is 9.00 Å². The average Bonchev–Trinajstić information content (AvgIpc) is 2.47. The number of halogens is 1. The predicted octanol–water partition coefficient (Wildman–Crippen LogP) is 3.32. The highest BCUT2D eigenvalue weighted by molar-refractivity contribution is 7.84. The van der Waals surface area contributed by atoms with Gasteiger partial charge < -0.3 is 5.11 Å². The number of rotatable bonds is 5. The van der Waals surface area contributed by atoms with Crippen molar-refractivity contribution in [1.82, 2.24) is 0 Å². The normalized spacial score (nSPS) is 13.6. The molecule has 0 spiro atoms. The summed E-state index contributed by atoms with van der Waals surface area (Å²) < 4.78 is 25.0. The topological polar surface area (TPSA) is 54.4 Å². The molecule has 2 aromatic rings. The molecule has 0 aliphatic carbocycles. The van der Waals surface area contributed by atoms with Crippen molar-refractivity contribution in [2.24, 2.45) is 0 Å². The van der Waals surface area contributed by atoms with Gasteiger partial charge in [-0.15, -0.1) is 0 Å². The van der Waals surface area contributed by atoms with Crippen molar-refractivity contribution in [3.8, 4) is 0 Å². The van der Waals surface area contributed by atoms with E-state index in [9.17, 15) is 13.4 Å². The van der Waals surface area contributed by atoms with E-state index in [-0.39, 0.29) is 5.82 Å². The van der Waals surface area contributed by atoms with Crippen LogP contribution in [0.25, 0.3) is 0 Å². The van der Waals surface area contributed by atoms with Crippen LogP contribution in [0.4, 0.5) is 4.39 Å². The van der Waals surface area contributed by atoms with Crippen molar-refractivity contribution in [1.29, 1.82) is 0 Å². The second-order valence-corrected chi connectivity index (χ2v) is 6.20. The lowest BCUT2D eigenvalue weighted by atomic mass is 10.0. The number of hydrogen-bond donors (Lipinski definition) is 1. The van der Waals surface area contributed by atoms with Gasteiger partial charge in [-0.25, -0.2) is 4.39 Å². The van der Waals surface area contributed by atoms with Gasteiger partial charge in [-0.1, -0.05) is 24.3 Å². The van der Waals surface area contributed by atoms with E-state index in [1.807, 2.05) is 0 Å². The van der Waals surface area contributed by atoms with Gasteiger partial charge in [0.05, 0.1) is 22.5 Å². The summed E-state index contributed by atoms with van der Waals surface area (Å²) in [5, 5.41) is 8.94. The van der Waals surface area contributed by atoms with Crippen LogP contribution in [-0.2, 0) is 21.3 Å². The first-order valence-corrected chi connectivity index (χ1v) is 7.75. The third-order valence-electron chi connectivity index (χ3n) is 3.22. The Morgan fingerprint density at radius 3 is 2.24 bits per heavy atom. The SMILES string of the molecule is CC(C(=O)O)c1ccc(CS(=O)c2ccc(F)cc2)cc1. The van der Waals surface area contributed by atoms with Crippen molar-refractivity contribution in [3.63, 3.8) is 0 Å². The maximum atomic E-state index is 12.8. The van der Waals surface area contributed by atoms with Gasteiger partial charge in [0.2, 0.25) is 0 Å². The predicted molar refractivity (Wildman–Crippen MR) is 79.0 cm³/mol. The van der Waals surface area contributed by atoms with Gasteiger partial charge in [0, 0.05) is 4.90 Å². The number of hydrogen-bond acceptors (Lipinski definition) is 2. The molecule has 5 heteroatoms. The Bertz CT molecular complexity index is 650. The van der Waals surface area contributed by atoms with E-state index >= 15 is 0 Å². The average molecular weight is 306 g/mol. The van der Waals surface area contributed by atoms with Gasteiger partial charge in [0.1, 0.15) is 5.82 Å². The van der Waals surface area contributed by atoms with Crippen molar-refractivity contribution >= 4 is 16.8 Å². The second kappa shape index (κ2) is 6.63. The van der Waals surface area contributed by atoms with Crippen LogP contribution in [0.2, 0.25) is 0 Å². The molecule has 0 bridgehead atoms. The van der Waals surface area contributed by atoms with Crippen molar-refractivity contribution < 1.29 is 18.5 Å². The Hall–Kier alpha value is -2.01. The second-order valence-electron chi connectivity index (χ2n) is 4.75. The summed E-state index contributed by atoms with van der Waals surface area (Å²) in [7, 11) is -1.25. The van der Waals surface area contributed by atoms with Crippen molar-refractivity contribution in [2.45, 2.75) is 23.5 Å². The largest absolute Gasteiger partial charge is 0.481 e. The van der Waals surface area contributed by atoms with Crippen LogP contribution in [0.15, 0.2) is 53.4 Å². The minimum atomic E-state index is -1.25. The molecule has 2 atom stereocenters. The molecule has 0 radical (unpaired) electrons. The maximum absolute atomic E-state index is 12.8. The zero-order valence-electron chi connectivity index (χ0n) is 11.5. The quantitative estimate of drug-likeness (QED) is 0.922. The highest BCUT2D eigenvalue weighted by atomic mass is 32.2. The van der Waals surface area contributed by atoms with Crippen LogP contribution in [0, 0.1) is 5.82 Å². The lowest BCUT2D eigenvalue weighted by Gasteiger charge is -2.08. The molecule has 0 amide bonds. The van der Waals surface area contributed by atoms with Crippen LogP contribution >= 0.6 is 0 Å². The molecule has 2 unspecified atom stereocenters. The van der Waals surface area contributed by atoms with E-state index in [4.69, 9.17) is 5.11 Å². The Morgan fingerprint density at radius 2 is 1.71 bits per heavy atom. The Kier molecular flexibility index (Phi) is 4.85. The lowest BCUT2D eigenvalue weighted by Crippen LogP contribution is -2.07. The van der Waals surface area contributed by atoms with Gasteiger partial charge in [0.15, 0.2) is 0 Å². The maximum Gasteiger partial charge on any atom is 0.310 e. The zero-order chi connectivity index (χ0) is 15.4. The summed E-state index contributed by atoms with van der Waals surface area (Å²) in [4.78, 5) is 11.5. The summed E-state index contributed by atoms with van der Waals surface area (Å²) >= 11 is 0. The van der Waals surface area contributed by atoms with Crippen molar-refractivity contribution in [2.75, 3.05) is 0 Å². The molecule has 0 fully saturated rings. The van der Waals surface area contributed by atoms with Crippen LogP contribution in [0.3, 0.4) is 0 Å². The monoisotopic (exact) mass is 306 g/mol. The fourth-order valence-corrected chi connectivity index (χ4v) is 2.97. The molecule has 21 heavy (non-hydrogen) atoms. The number of carboxylic acid groups (broad SMARTS) is 1. The lowest BCUT2D eigenvalue weighted by molar-refractivity contribution is -0.138. The van der Waals surface area contributed by atoms with Gasteiger partial charge >= 0.3 is 5.97 Å². The summed E-state index contributed by atoms with van der Waals surface area (Å²) in [6.45, 7) is 1.62. The van der Waals surface area contributed by atoms with E-state index in [0.29, 0.717) is 16.2 Å². The fourth-order valence-electron chi connectivity index (χ4n) is 1.87. The third kappa shape index (κ3) is 3.98. The van der Waals surface area contributed by atoms with E-state index in [1.165, 1.54) is 24.3 Å². The summed E-state index contributed by atoms with van der Waals surface area (Å²) in [6.07, 6.45) is 0. The standard InChI is InChI=1S/C16H15FO3S/c1-11(16(18)19)13-4-2-12(3-5-13)10-21(20)15-8-6-14(17)7-9-15/h2-9,11H,10H2,1H3,(H,18,19). The highest BCUT2D eigenvalue weighted by Crippen LogP contribution is 2.18. The minimum Gasteiger partial charge on any atom is -0.481 e. The number of aliphatic carboxylic acids is 1. The zero-order valence-corrected chi connectivity index (χ0v) is 12.3. The highest BCUT2D eigenvalue weighted by Gasteiger charge is 2.13. The van der Waals surface area contributed by atoms with E-state index in [0.717, 1.165) is 5.56 Å². The van der Waals surface area contributed by atoms with Crippen LogP contribution in [0.1, 0.15) is 24.0 Å². The summed E-state index contributed by atoms with van der Waals surface area (Å²) in [5.74, 6) is -1.49. The van der Waals surface area contributed by atoms with E-state index in [2.05, 4.69) is 0 Å². The number of carbonyl (C=O) groups is 1. The first kappa shape index (κ1) is 15.4. The fraction of sp³-hybridized carbons (Fsp3) is 0.188. The molecule has 0 saturated heterocycles. The Labute approximate surface area is 124 Å². The van der Waals surface area contributed by atoms with Gasteiger partial charge in [0.25, 0.3) is 0 Å². The molecular weight excluding hydrogens is 291 g/mol. The number of benzene rings is 2. The van der Waals surface area contributed by atoms with Crippen molar-refractivity contribution in [3.05, 3.63) is 65.5 Å². The molecular formula is C16H15FO3S. The Balaban J connectivity index is 2.08. The molecule has 110 valence electrons. The molecule has 0 saturated carbocycles. The molecule has 2 rings (SSSR count). The van der Waals surface area contributed by atoms with Gasteiger partial charge in [-0.2, -0.15) is 0 Å². The summed E-state index contributed by atoms with van der Waals surface area (Å²) in [5.41, 5.74) is 1.55. The third-order valence-corrected chi connectivity index (χ3v) is 4.62. The molecule has 0 aromatic heterocycles. The molecule has 1 N–H and O–H groups in total. The summed E-state index contributed by atoms with van der Waals surface area (Å²) in [6, 6.07) is 12.6. The number of carboxylic acids is 1. The first-order valence-electron chi connectivity index (χ1n) is 6.43. The van der Waals surface area contributed by atoms with E-state index in [1.54, 1.807) is 31.2 Å². The van der Waals surface area contributed by atoms with Gasteiger partial charge in [-0.05, 0) is 42.3 Å². The first-order chi connectivity index (χ1) is 9.97. The van der Waals surface area contributed by atoms with Crippen LogP contribution in [0.5, 0.6) is 0 Å². The minimum absolute atomic E-state index is 0.313.